The highest BCUT2D eigenvalue weighted by Gasteiger charge is 2.18. The van der Waals surface area contributed by atoms with E-state index >= 15 is 0 Å². The maximum atomic E-state index is 12.3. The summed E-state index contributed by atoms with van der Waals surface area (Å²) >= 11 is 3.47. The molecule has 0 radical (unpaired) electrons. The van der Waals surface area contributed by atoms with Crippen LogP contribution in [0.15, 0.2) is 89.7 Å². The summed E-state index contributed by atoms with van der Waals surface area (Å²) in [5, 5.41) is 2.95. The zero-order valence-electron chi connectivity index (χ0n) is 19.4. The summed E-state index contributed by atoms with van der Waals surface area (Å²) < 4.78 is 2.80. The molecule has 3 heterocycles. The van der Waals surface area contributed by atoms with Gasteiger partial charge in [0.25, 0.3) is 5.91 Å². The van der Waals surface area contributed by atoms with Crippen LogP contribution in [0.25, 0.3) is 28.2 Å². The molecule has 8 heteroatoms. The lowest BCUT2D eigenvalue weighted by Gasteiger charge is -2.11. The molecule has 3 aromatic heterocycles. The highest BCUT2D eigenvalue weighted by Crippen LogP contribution is 2.31. The highest BCUT2D eigenvalue weighted by molar-refractivity contribution is 9.10. The Morgan fingerprint density at radius 2 is 1.74 bits per heavy atom. The van der Waals surface area contributed by atoms with Crippen LogP contribution in [0.5, 0.6) is 0 Å². The average Bonchev–Trinajstić information content (AvgIpc) is 3.27. The van der Waals surface area contributed by atoms with E-state index in [4.69, 9.17) is 10.7 Å². The van der Waals surface area contributed by atoms with Crippen LogP contribution in [0.3, 0.4) is 0 Å². The second kappa shape index (κ2) is 10.9. The summed E-state index contributed by atoms with van der Waals surface area (Å²) in [6, 6.07) is 22.7. The van der Waals surface area contributed by atoms with Crippen molar-refractivity contribution in [3.63, 3.8) is 0 Å². The lowest BCUT2D eigenvalue weighted by atomic mass is 10.1. The Hall–Kier alpha value is -4.04. The third-order valence-electron chi connectivity index (χ3n) is 5.23. The van der Waals surface area contributed by atoms with E-state index in [-0.39, 0.29) is 5.91 Å². The van der Waals surface area contributed by atoms with Crippen LogP contribution in [-0.4, -0.2) is 25.4 Å². The number of imidazole rings is 1. The molecule has 0 aliphatic rings. The molecule has 0 aliphatic heterocycles. The summed E-state index contributed by atoms with van der Waals surface area (Å²) in [7, 11) is 0. The van der Waals surface area contributed by atoms with Gasteiger partial charge < -0.3 is 11.1 Å². The zero-order chi connectivity index (χ0) is 24.8. The van der Waals surface area contributed by atoms with E-state index in [9.17, 15) is 4.79 Å². The number of nitrogen functional groups attached to an aromatic ring is 1. The molecule has 0 fully saturated rings. The maximum Gasteiger partial charge on any atom is 0.251 e. The molecule has 1 amide bonds. The van der Waals surface area contributed by atoms with E-state index < -0.39 is 0 Å². The Morgan fingerprint density at radius 1 is 1.00 bits per heavy atom. The van der Waals surface area contributed by atoms with E-state index in [1.807, 2.05) is 79.1 Å². The topological polar surface area (TPSA) is 98.7 Å². The van der Waals surface area contributed by atoms with Crippen molar-refractivity contribution in [3.05, 3.63) is 101 Å². The Balaban J connectivity index is 0.00000141. The van der Waals surface area contributed by atoms with Crippen molar-refractivity contribution < 1.29 is 4.79 Å². The molecule has 35 heavy (non-hydrogen) atoms. The van der Waals surface area contributed by atoms with Gasteiger partial charge in [-0.05, 0) is 64.0 Å². The third kappa shape index (κ3) is 5.22. The fourth-order valence-corrected chi connectivity index (χ4v) is 3.93. The van der Waals surface area contributed by atoms with Crippen LogP contribution in [0.4, 0.5) is 5.82 Å². The standard InChI is InChI=1S/C25H19BrN6O.C2H6/c26-18-13-21-24(29-15-18)32(23(31-21)20-7-4-12-28-22(20)27)19-10-8-16(9-11-19)14-30-25(33)17-5-2-1-3-6-17;1-2/h1-13,15H,14H2,(H2,27,28)(H,30,33);1-2H3. The van der Waals surface area contributed by atoms with Crippen LogP contribution < -0.4 is 11.1 Å². The predicted octanol–water partition coefficient (Wildman–Crippen LogP) is 5.78. The predicted molar refractivity (Wildman–Crippen MR) is 143 cm³/mol. The van der Waals surface area contributed by atoms with Crippen LogP contribution in [0.1, 0.15) is 29.8 Å². The van der Waals surface area contributed by atoms with Crippen LogP contribution in [-0.2, 0) is 6.54 Å². The van der Waals surface area contributed by atoms with E-state index in [1.165, 1.54) is 0 Å². The number of carbonyl (C=O) groups is 1. The van der Waals surface area contributed by atoms with E-state index in [0.717, 1.165) is 26.8 Å². The molecule has 2 aromatic carbocycles. The molecule has 0 saturated carbocycles. The number of amides is 1. The minimum atomic E-state index is -0.107. The molecule has 7 nitrogen and oxygen atoms in total. The van der Waals surface area contributed by atoms with Gasteiger partial charge in [-0.1, -0.05) is 44.2 Å². The lowest BCUT2D eigenvalue weighted by molar-refractivity contribution is 0.0951. The summed E-state index contributed by atoms with van der Waals surface area (Å²) in [5.41, 5.74) is 10.8. The van der Waals surface area contributed by atoms with Crippen LogP contribution >= 0.6 is 15.9 Å². The summed E-state index contributed by atoms with van der Waals surface area (Å²) in [6.07, 6.45) is 3.39. The first-order valence-electron chi connectivity index (χ1n) is 11.3. The van der Waals surface area contributed by atoms with E-state index in [1.54, 1.807) is 24.5 Å². The van der Waals surface area contributed by atoms with Gasteiger partial charge in [0, 0.05) is 34.7 Å². The van der Waals surface area contributed by atoms with Gasteiger partial charge in [0.1, 0.15) is 11.3 Å². The molecule has 5 rings (SSSR count). The second-order valence-corrected chi connectivity index (χ2v) is 8.33. The number of fused-ring (bicyclic) bond motifs is 1. The zero-order valence-corrected chi connectivity index (χ0v) is 21.0. The first-order valence-corrected chi connectivity index (χ1v) is 12.1. The van der Waals surface area contributed by atoms with Crippen molar-refractivity contribution in [1.29, 1.82) is 0 Å². The molecule has 5 aromatic rings. The minimum absolute atomic E-state index is 0.107. The van der Waals surface area contributed by atoms with Gasteiger partial charge in [-0.25, -0.2) is 15.0 Å². The van der Waals surface area contributed by atoms with Gasteiger partial charge in [-0.2, -0.15) is 0 Å². The Kier molecular flexibility index (Phi) is 7.52. The van der Waals surface area contributed by atoms with Crippen molar-refractivity contribution in [2.75, 3.05) is 5.73 Å². The Morgan fingerprint density at radius 3 is 2.46 bits per heavy atom. The SMILES string of the molecule is CC.Nc1ncccc1-c1nc2cc(Br)cnc2n1-c1ccc(CNC(=O)c2ccccc2)cc1. The second-order valence-electron chi connectivity index (χ2n) is 7.42. The molecule has 3 N–H and O–H groups in total. The van der Waals surface area contributed by atoms with Crippen molar-refractivity contribution in [1.82, 2.24) is 24.8 Å². The van der Waals surface area contributed by atoms with E-state index in [0.29, 0.717) is 29.4 Å². The largest absolute Gasteiger partial charge is 0.383 e. The van der Waals surface area contributed by atoms with Gasteiger partial charge in [0.15, 0.2) is 11.5 Å². The van der Waals surface area contributed by atoms with Gasteiger partial charge in [-0.15, -0.1) is 0 Å². The van der Waals surface area contributed by atoms with E-state index in [2.05, 4.69) is 31.2 Å². The van der Waals surface area contributed by atoms with Gasteiger partial charge >= 0.3 is 0 Å². The number of hydrogen-bond acceptors (Lipinski definition) is 5. The molecule has 0 aliphatic carbocycles. The average molecular weight is 529 g/mol. The first-order chi connectivity index (χ1) is 17.1. The summed E-state index contributed by atoms with van der Waals surface area (Å²) in [5.74, 6) is 0.948. The Labute approximate surface area is 212 Å². The molecule has 0 atom stereocenters. The van der Waals surface area contributed by atoms with Crippen molar-refractivity contribution in [2.45, 2.75) is 20.4 Å². The van der Waals surface area contributed by atoms with Crippen molar-refractivity contribution in [2.24, 2.45) is 0 Å². The number of hydrogen-bond donors (Lipinski definition) is 2. The number of benzene rings is 2. The first kappa shape index (κ1) is 24.1. The van der Waals surface area contributed by atoms with Gasteiger partial charge in [-0.3, -0.25) is 9.36 Å². The molecule has 0 saturated heterocycles. The molecular formula is C27H25BrN6O. The summed E-state index contributed by atoms with van der Waals surface area (Å²) in [6.45, 7) is 4.42. The number of carbonyl (C=O) groups excluding carboxylic acids is 1. The number of anilines is 1. The van der Waals surface area contributed by atoms with Gasteiger partial charge in [0.2, 0.25) is 0 Å². The molecular weight excluding hydrogens is 504 g/mol. The molecule has 0 unspecified atom stereocenters. The van der Waals surface area contributed by atoms with Crippen LogP contribution in [0, 0.1) is 0 Å². The number of pyridine rings is 2. The number of nitrogens with two attached hydrogens (primary N) is 1. The fraction of sp³-hybridized carbons (Fsp3) is 0.111. The molecule has 0 spiro atoms. The van der Waals surface area contributed by atoms with Crippen LogP contribution in [0.2, 0.25) is 0 Å². The van der Waals surface area contributed by atoms with Gasteiger partial charge in [0.05, 0.1) is 5.56 Å². The normalized spacial score (nSPS) is 10.5. The quantitative estimate of drug-likeness (QED) is 0.301. The number of rotatable bonds is 5. The lowest BCUT2D eigenvalue weighted by Crippen LogP contribution is -2.22. The summed E-state index contributed by atoms with van der Waals surface area (Å²) in [4.78, 5) is 25.9. The minimum Gasteiger partial charge on any atom is -0.383 e. The number of nitrogens with zero attached hydrogens (tertiary/aromatic N) is 4. The number of aromatic nitrogens is 4. The monoisotopic (exact) mass is 528 g/mol. The maximum absolute atomic E-state index is 12.3. The molecule has 0 bridgehead atoms. The Bertz CT molecular complexity index is 1450. The van der Waals surface area contributed by atoms with Crippen molar-refractivity contribution >= 4 is 38.8 Å². The fourth-order valence-electron chi connectivity index (χ4n) is 3.61. The highest BCUT2D eigenvalue weighted by atomic mass is 79.9. The smallest absolute Gasteiger partial charge is 0.251 e. The molecule has 176 valence electrons. The number of halogens is 1. The van der Waals surface area contributed by atoms with Crippen molar-refractivity contribution in [3.8, 4) is 17.1 Å². The number of nitrogens with one attached hydrogen (secondary N) is 1. The third-order valence-corrected chi connectivity index (χ3v) is 5.66.